The molecule has 0 amide bonds. The average molecular weight is 220 g/mol. The normalized spacial score (nSPS) is 6.92. The van der Waals surface area contributed by atoms with Crippen LogP contribution in [0.4, 0.5) is 0 Å². The quantitative estimate of drug-likeness (QED) is 0.304. The van der Waals surface area contributed by atoms with Crippen molar-refractivity contribution in [2.45, 2.75) is 0 Å². The third-order valence-corrected chi connectivity index (χ3v) is 0.474. The Labute approximate surface area is 85.8 Å². The van der Waals surface area contributed by atoms with Gasteiger partial charge in [-0.3, -0.25) is 16.0 Å². The Bertz CT molecular complexity index is 38.6. The second-order valence-electron chi connectivity index (χ2n) is 1.54. The average Bonchev–Trinajstić information content (AvgIpc) is 2.18. The number of halogens is 1. The topological polar surface area (TPSA) is 96.8 Å². The first kappa shape index (κ1) is 23.1. The van der Waals surface area contributed by atoms with Gasteiger partial charge in [0.15, 0.2) is 0 Å². The number of hydrogen-bond donors (Lipinski definition) is 6. The van der Waals surface area contributed by atoms with Crippen LogP contribution in [-0.4, -0.2) is 56.7 Å². The van der Waals surface area contributed by atoms with Crippen LogP contribution in [0.15, 0.2) is 0 Å². The lowest BCUT2D eigenvalue weighted by molar-refractivity contribution is 0.272. The van der Waals surface area contributed by atoms with Crippen LogP contribution < -0.4 is 16.0 Å². The minimum atomic E-state index is 0. The monoisotopic (exact) mass is 219 g/mol. The molecule has 0 fully saturated rings. The molecule has 0 rings (SSSR count). The zero-order valence-corrected chi connectivity index (χ0v) is 9.19. The fourth-order valence-corrected chi connectivity index (χ4v) is 0. The molecule has 0 aliphatic rings. The summed E-state index contributed by atoms with van der Waals surface area (Å²) < 4.78 is 0. The standard InChI is InChI=1S/3C2H7NO.ClH/c3*1-3-2-4;/h3*3-4H,2H2,1H3;1H. The first-order chi connectivity index (χ1) is 5.74. The van der Waals surface area contributed by atoms with Crippen molar-refractivity contribution < 1.29 is 15.3 Å². The van der Waals surface area contributed by atoms with Gasteiger partial charge in [-0.2, -0.15) is 0 Å². The van der Waals surface area contributed by atoms with E-state index in [4.69, 9.17) is 15.3 Å². The predicted molar refractivity (Wildman–Crippen MR) is 55.7 cm³/mol. The third kappa shape index (κ3) is 131. The number of rotatable bonds is 3. The maximum Gasteiger partial charge on any atom is 0.0929 e. The van der Waals surface area contributed by atoms with Crippen molar-refractivity contribution in [1.29, 1.82) is 0 Å². The summed E-state index contributed by atoms with van der Waals surface area (Å²) in [5.74, 6) is 0. The van der Waals surface area contributed by atoms with E-state index in [0.717, 1.165) is 0 Å². The fourth-order valence-electron chi connectivity index (χ4n) is 0. The van der Waals surface area contributed by atoms with Crippen LogP contribution in [0.1, 0.15) is 0 Å². The van der Waals surface area contributed by atoms with Gasteiger partial charge in [0.1, 0.15) is 0 Å². The van der Waals surface area contributed by atoms with Crippen LogP contribution in [0.3, 0.4) is 0 Å². The Morgan fingerprint density at radius 2 is 0.769 bits per heavy atom. The third-order valence-electron chi connectivity index (χ3n) is 0.474. The summed E-state index contributed by atoms with van der Waals surface area (Å²) in [5, 5.41) is 30.8. The van der Waals surface area contributed by atoms with Crippen molar-refractivity contribution in [3.8, 4) is 0 Å². The molecule has 0 bridgehead atoms. The van der Waals surface area contributed by atoms with E-state index in [1.54, 1.807) is 21.1 Å². The van der Waals surface area contributed by atoms with Crippen molar-refractivity contribution in [3.63, 3.8) is 0 Å². The summed E-state index contributed by atoms with van der Waals surface area (Å²) in [5.41, 5.74) is 0. The van der Waals surface area contributed by atoms with E-state index in [0.29, 0.717) is 0 Å². The molecule has 86 valence electrons. The Hall–Kier alpha value is 0.0500. The second-order valence-corrected chi connectivity index (χ2v) is 1.54. The van der Waals surface area contributed by atoms with Gasteiger partial charge in [-0.1, -0.05) is 0 Å². The van der Waals surface area contributed by atoms with Crippen molar-refractivity contribution in [3.05, 3.63) is 0 Å². The molecule has 0 saturated carbocycles. The summed E-state index contributed by atoms with van der Waals surface area (Å²) >= 11 is 0. The molecule has 6 N–H and O–H groups in total. The molecule has 0 radical (unpaired) electrons. The highest BCUT2D eigenvalue weighted by Gasteiger charge is 1.51. The Morgan fingerprint density at radius 1 is 0.692 bits per heavy atom. The van der Waals surface area contributed by atoms with E-state index in [1.807, 2.05) is 0 Å². The zero-order chi connectivity index (χ0) is 10.2. The summed E-state index contributed by atoms with van der Waals surface area (Å²) in [6.07, 6.45) is 0. The van der Waals surface area contributed by atoms with Gasteiger partial charge in [0.05, 0.1) is 20.2 Å². The second kappa shape index (κ2) is 40.2. The SMILES string of the molecule is CNCO.CNCO.CNCO.Cl. The molecular formula is C6H22ClN3O3. The molecule has 6 nitrogen and oxygen atoms in total. The largest absolute Gasteiger partial charge is 0.381 e. The Balaban J connectivity index is -0.0000000450. The van der Waals surface area contributed by atoms with E-state index in [9.17, 15) is 0 Å². The van der Waals surface area contributed by atoms with Gasteiger partial charge in [-0.05, 0) is 21.1 Å². The summed E-state index contributed by atoms with van der Waals surface area (Å²) in [4.78, 5) is 0. The van der Waals surface area contributed by atoms with Gasteiger partial charge in [-0.15, -0.1) is 12.4 Å². The molecule has 0 unspecified atom stereocenters. The zero-order valence-electron chi connectivity index (χ0n) is 8.37. The van der Waals surface area contributed by atoms with Crippen molar-refractivity contribution in [2.75, 3.05) is 41.3 Å². The van der Waals surface area contributed by atoms with E-state index in [2.05, 4.69) is 16.0 Å². The molecule has 0 aliphatic heterocycles. The molecule has 13 heavy (non-hydrogen) atoms. The predicted octanol–water partition coefficient (Wildman–Crippen LogP) is -2.11. The number of hydrogen-bond acceptors (Lipinski definition) is 6. The maximum absolute atomic E-state index is 7.76. The van der Waals surface area contributed by atoms with E-state index in [1.165, 1.54) is 0 Å². The van der Waals surface area contributed by atoms with Gasteiger partial charge >= 0.3 is 0 Å². The minimum absolute atomic E-state index is 0. The molecule has 0 atom stereocenters. The van der Waals surface area contributed by atoms with Crippen LogP contribution in [0, 0.1) is 0 Å². The lowest BCUT2D eigenvalue weighted by Gasteiger charge is -1.76. The Kier molecular flexibility index (Phi) is 71.5. The summed E-state index contributed by atoms with van der Waals surface area (Å²) in [6.45, 7) is 0.208. The van der Waals surface area contributed by atoms with Crippen LogP contribution in [0.2, 0.25) is 0 Å². The molecule has 0 aromatic rings. The van der Waals surface area contributed by atoms with Gasteiger partial charge in [0, 0.05) is 0 Å². The molecule has 7 heteroatoms. The number of aliphatic hydroxyl groups excluding tert-OH is 3. The molecule has 0 aromatic heterocycles. The Morgan fingerprint density at radius 3 is 0.769 bits per heavy atom. The van der Waals surface area contributed by atoms with E-state index >= 15 is 0 Å². The molecule has 0 aliphatic carbocycles. The number of nitrogens with one attached hydrogen (secondary N) is 3. The summed E-state index contributed by atoms with van der Waals surface area (Å²) in [7, 11) is 5.04. The summed E-state index contributed by atoms with van der Waals surface area (Å²) in [6, 6.07) is 0. The minimum Gasteiger partial charge on any atom is -0.381 e. The fraction of sp³-hybridized carbons (Fsp3) is 1.00. The van der Waals surface area contributed by atoms with Gasteiger partial charge in [-0.25, -0.2) is 0 Å². The lowest BCUT2D eigenvalue weighted by atomic mass is 11.2. The van der Waals surface area contributed by atoms with Crippen LogP contribution in [-0.2, 0) is 0 Å². The van der Waals surface area contributed by atoms with Crippen LogP contribution in [0.5, 0.6) is 0 Å². The van der Waals surface area contributed by atoms with Crippen molar-refractivity contribution in [1.82, 2.24) is 16.0 Å². The molecule has 0 spiro atoms. The number of aliphatic hydroxyl groups is 3. The van der Waals surface area contributed by atoms with Gasteiger partial charge < -0.3 is 15.3 Å². The van der Waals surface area contributed by atoms with Gasteiger partial charge in [0.2, 0.25) is 0 Å². The smallest absolute Gasteiger partial charge is 0.0929 e. The van der Waals surface area contributed by atoms with Crippen LogP contribution >= 0.6 is 12.4 Å². The molecule has 0 saturated heterocycles. The van der Waals surface area contributed by atoms with E-state index < -0.39 is 0 Å². The van der Waals surface area contributed by atoms with Crippen LogP contribution in [0.25, 0.3) is 0 Å². The highest BCUT2D eigenvalue weighted by molar-refractivity contribution is 5.85. The van der Waals surface area contributed by atoms with Crippen molar-refractivity contribution >= 4 is 12.4 Å². The highest BCUT2D eigenvalue weighted by Crippen LogP contribution is 1.25. The highest BCUT2D eigenvalue weighted by atomic mass is 35.5. The van der Waals surface area contributed by atoms with E-state index in [-0.39, 0.29) is 32.6 Å². The molecular weight excluding hydrogens is 198 g/mol. The molecule has 0 heterocycles. The van der Waals surface area contributed by atoms with Gasteiger partial charge in [0.25, 0.3) is 0 Å². The first-order valence-electron chi connectivity index (χ1n) is 3.51. The maximum atomic E-state index is 7.76. The first-order valence-corrected chi connectivity index (χ1v) is 3.51. The van der Waals surface area contributed by atoms with Crippen molar-refractivity contribution in [2.24, 2.45) is 0 Å². The molecule has 0 aromatic carbocycles. The lowest BCUT2D eigenvalue weighted by Crippen LogP contribution is -2.04.